The lowest BCUT2D eigenvalue weighted by atomic mass is 10.2. The highest BCUT2D eigenvalue weighted by atomic mass is 79.9. The van der Waals surface area contributed by atoms with E-state index in [-0.39, 0.29) is 11.3 Å². The summed E-state index contributed by atoms with van der Waals surface area (Å²) in [5, 5.41) is 3.19. The second-order valence-corrected chi connectivity index (χ2v) is 4.88. The van der Waals surface area contributed by atoms with E-state index in [0.717, 1.165) is 10.0 Å². The van der Waals surface area contributed by atoms with Gasteiger partial charge >= 0.3 is 6.01 Å². The smallest absolute Gasteiger partial charge is 0.322 e. The van der Waals surface area contributed by atoms with Gasteiger partial charge in [0.25, 0.3) is 0 Å². The number of halogens is 2. The number of aromatic nitrogens is 3. The monoisotopic (exact) mass is 342 g/mol. The Morgan fingerprint density at radius 1 is 1.21 bits per heavy atom. The Bertz CT molecular complexity index is 550. The minimum absolute atomic E-state index is 0.108. The van der Waals surface area contributed by atoms with Crippen LogP contribution in [0, 0.1) is 0 Å². The highest BCUT2D eigenvalue weighted by Crippen LogP contribution is 2.14. The summed E-state index contributed by atoms with van der Waals surface area (Å²) in [6, 6.07) is 8.18. The van der Waals surface area contributed by atoms with Crippen molar-refractivity contribution in [1.82, 2.24) is 15.0 Å². The van der Waals surface area contributed by atoms with Crippen molar-refractivity contribution in [2.45, 2.75) is 13.5 Å². The molecule has 0 spiro atoms. The van der Waals surface area contributed by atoms with Gasteiger partial charge in [-0.2, -0.15) is 15.0 Å². The van der Waals surface area contributed by atoms with Crippen LogP contribution >= 0.6 is 27.5 Å². The largest absolute Gasteiger partial charge is 0.464 e. The van der Waals surface area contributed by atoms with E-state index >= 15 is 0 Å². The molecule has 0 aliphatic rings. The Morgan fingerprint density at radius 2 is 1.95 bits per heavy atom. The standard InChI is InChI=1S/C12H12BrClN4O/c1-2-19-12-17-10(14)16-11(18-12)15-7-8-3-5-9(13)6-4-8/h3-6H,2,7H2,1H3,(H,15,16,17,18). The predicted octanol–water partition coefficient (Wildman–Crippen LogP) is 3.30. The highest BCUT2D eigenvalue weighted by molar-refractivity contribution is 9.10. The molecule has 1 heterocycles. The number of benzene rings is 1. The van der Waals surface area contributed by atoms with E-state index < -0.39 is 0 Å². The fraction of sp³-hybridized carbons (Fsp3) is 0.250. The molecule has 0 amide bonds. The summed E-state index contributed by atoms with van der Waals surface area (Å²) in [6.07, 6.45) is 0. The fourth-order valence-corrected chi connectivity index (χ4v) is 1.80. The summed E-state index contributed by atoms with van der Waals surface area (Å²) in [4.78, 5) is 12.0. The van der Waals surface area contributed by atoms with Crippen molar-refractivity contribution in [2.24, 2.45) is 0 Å². The Balaban J connectivity index is 2.04. The summed E-state index contributed by atoms with van der Waals surface area (Å²) < 4.78 is 6.24. The van der Waals surface area contributed by atoms with Gasteiger partial charge in [-0.15, -0.1) is 0 Å². The second-order valence-electron chi connectivity index (χ2n) is 3.62. The first-order chi connectivity index (χ1) is 9.17. The van der Waals surface area contributed by atoms with Crippen molar-refractivity contribution < 1.29 is 4.74 Å². The van der Waals surface area contributed by atoms with E-state index in [4.69, 9.17) is 16.3 Å². The first-order valence-electron chi connectivity index (χ1n) is 5.70. The normalized spacial score (nSPS) is 10.3. The second kappa shape index (κ2) is 6.68. The van der Waals surface area contributed by atoms with Crippen LogP contribution in [0.2, 0.25) is 5.28 Å². The van der Waals surface area contributed by atoms with Crippen LogP contribution in [0.3, 0.4) is 0 Å². The predicted molar refractivity (Wildman–Crippen MR) is 77.5 cm³/mol. The zero-order valence-electron chi connectivity index (χ0n) is 10.2. The van der Waals surface area contributed by atoms with Gasteiger partial charge in [-0.3, -0.25) is 0 Å². The molecule has 2 aromatic rings. The zero-order valence-corrected chi connectivity index (χ0v) is 12.6. The summed E-state index contributed by atoms with van der Waals surface area (Å²) in [5.74, 6) is 0.395. The van der Waals surface area contributed by atoms with Gasteiger partial charge in [0.15, 0.2) is 0 Å². The first-order valence-corrected chi connectivity index (χ1v) is 6.87. The number of ether oxygens (including phenoxy) is 1. The third kappa shape index (κ3) is 4.33. The van der Waals surface area contributed by atoms with Gasteiger partial charge in [0.1, 0.15) is 0 Å². The molecule has 0 bridgehead atoms. The highest BCUT2D eigenvalue weighted by Gasteiger charge is 2.05. The average Bonchev–Trinajstić information content (AvgIpc) is 2.38. The number of rotatable bonds is 5. The SMILES string of the molecule is CCOc1nc(Cl)nc(NCc2ccc(Br)cc2)n1. The molecule has 5 nitrogen and oxygen atoms in total. The van der Waals surface area contributed by atoms with Crippen molar-refractivity contribution in [2.75, 3.05) is 11.9 Å². The summed E-state index contributed by atoms with van der Waals surface area (Å²) in [6.45, 7) is 2.93. The van der Waals surface area contributed by atoms with E-state index in [1.807, 2.05) is 31.2 Å². The van der Waals surface area contributed by atoms with Gasteiger partial charge in [0.05, 0.1) is 6.61 Å². The average molecular weight is 344 g/mol. The zero-order chi connectivity index (χ0) is 13.7. The molecular weight excluding hydrogens is 332 g/mol. The van der Waals surface area contributed by atoms with Gasteiger partial charge in [-0.25, -0.2) is 0 Å². The Morgan fingerprint density at radius 3 is 2.63 bits per heavy atom. The van der Waals surface area contributed by atoms with E-state index in [2.05, 4.69) is 36.2 Å². The molecule has 100 valence electrons. The first kappa shape index (κ1) is 14.0. The van der Waals surface area contributed by atoms with Crippen molar-refractivity contribution in [1.29, 1.82) is 0 Å². The molecule has 2 rings (SSSR count). The number of nitrogens with one attached hydrogen (secondary N) is 1. The molecule has 0 aliphatic heterocycles. The molecule has 0 aliphatic carbocycles. The molecule has 7 heteroatoms. The maximum atomic E-state index is 5.80. The lowest BCUT2D eigenvalue weighted by molar-refractivity contribution is 0.312. The van der Waals surface area contributed by atoms with Crippen LogP contribution in [0.4, 0.5) is 5.95 Å². The molecule has 1 aromatic carbocycles. The molecule has 0 radical (unpaired) electrons. The van der Waals surface area contributed by atoms with Crippen LogP contribution in [0.1, 0.15) is 12.5 Å². The van der Waals surface area contributed by atoms with E-state index in [1.54, 1.807) is 0 Å². The number of anilines is 1. The molecule has 0 unspecified atom stereocenters. The minimum atomic E-state index is 0.108. The molecular formula is C12H12BrClN4O. The van der Waals surface area contributed by atoms with Crippen molar-refractivity contribution in [3.8, 4) is 6.01 Å². The van der Waals surface area contributed by atoms with Crippen LogP contribution in [0.5, 0.6) is 6.01 Å². The molecule has 0 saturated carbocycles. The third-order valence-corrected chi connectivity index (χ3v) is 2.92. The van der Waals surface area contributed by atoms with E-state index in [0.29, 0.717) is 19.1 Å². The third-order valence-electron chi connectivity index (χ3n) is 2.22. The molecule has 0 atom stereocenters. The summed E-state index contributed by atoms with van der Waals surface area (Å²) in [5.41, 5.74) is 1.11. The van der Waals surface area contributed by atoms with Crippen molar-refractivity contribution in [3.63, 3.8) is 0 Å². The molecule has 0 fully saturated rings. The van der Waals surface area contributed by atoms with Crippen LogP contribution in [0.25, 0.3) is 0 Å². The van der Waals surface area contributed by atoms with Crippen molar-refractivity contribution in [3.05, 3.63) is 39.6 Å². The number of hydrogen-bond acceptors (Lipinski definition) is 5. The van der Waals surface area contributed by atoms with Crippen LogP contribution in [-0.4, -0.2) is 21.6 Å². The fourth-order valence-electron chi connectivity index (χ4n) is 1.39. The molecule has 19 heavy (non-hydrogen) atoms. The summed E-state index contributed by atoms with van der Waals surface area (Å²) >= 11 is 9.19. The maximum Gasteiger partial charge on any atom is 0.322 e. The Labute approximate surface area is 124 Å². The van der Waals surface area contributed by atoms with Gasteiger partial charge in [-0.1, -0.05) is 28.1 Å². The van der Waals surface area contributed by atoms with Gasteiger partial charge in [0, 0.05) is 11.0 Å². The maximum absolute atomic E-state index is 5.80. The van der Waals surface area contributed by atoms with E-state index in [9.17, 15) is 0 Å². The number of hydrogen-bond donors (Lipinski definition) is 1. The van der Waals surface area contributed by atoms with Crippen molar-refractivity contribution >= 4 is 33.5 Å². The molecule has 1 aromatic heterocycles. The lowest BCUT2D eigenvalue weighted by Crippen LogP contribution is -2.07. The van der Waals surface area contributed by atoms with Crippen LogP contribution in [0.15, 0.2) is 28.7 Å². The minimum Gasteiger partial charge on any atom is -0.464 e. The van der Waals surface area contributed by atoms with E-state index in [1.165, 1.54) is 0 Å². The number of nitrogens with zero attached hydrogens (tertiary/aromatic N) is 3. The Hall–Kier alpha value is -1.40. The van der Waals surface area contributed by atoms with Gasteiger partial charge in [-0.05, 0) is 36.2 Å². The Kier molecular flexibility index (Phi) is 4.93. The molecule has 0 saturated heterocycles. The summed E-state index contributed by atoms with van der Waals surface area (Å²) in [7, 11) is 0. The van der Waals surface area contributed by atoms with Crippen LogP contribution in [-0.2, 0) is 6.54 Å². The molecule has 1 N–H and O–H groups in total. The van der Waals surface area contributed by atoms with Crippen LogP contribution < -0.4 is 10.1 Å². The lowest BCUT2D eigenvalue weighted by Gasteiger charge is -2.07. The van der Waals surface area contributed by atoms with Gasteiger partial charge in [0.2, 0.25) is 11.2 Å². The topological polar surface area (TPSA) is 59.9 Å². The quantitative estimate of drug-likeness (QED) is 0.902. The van der Waals surface area contributed by atoms with Gasteiger partial charge < -0.3 is 10.1 Å².